The minimum atomic E-state index is -1.40. The number of phenols is 1. The molecule has 3 aromatic carbocycles. The number of aromatic nitrogens is 3. The molecular weight excluding hydrogens is 452 g/mol. The number of carbonyl (C=O) groups is 3. The lowest BCUT2D eigenvalue weighted by Gasteiger charge is -2.26. The lowest BCUT2D eigenvalue weighted by Crippen LogP contribution is -2.29. The summed E-state index contributed by atoms with van der Waals surface area (Å²) < 4.78 is 1.57. The van der Waals surface area contributed by atoms with E-state index in [9.17, 15) is 29.7 Å². The van der Waals surface area contributed by atoms with Gasteiger partial charge in [0.15, 0.2) is 0 Å². The topological polar surface area (TPSA) is 146 Å². The predicted molar refractivity (Wildman–Crippen MR) is 125 cm³/mol. The molecule has 1 saturated heterocycles. The molecule has 0 bridgehead atoms. The Labute approximate surface area is 198 Å². The van der Waals surface area contributed by atoms with Gasteiger partial charge in [-0.1, -0.05) is 41.6 Å². The van der Waals surface area contributed by atoms with Gasteiger partial charge >= 0.3 is 5.97 Å². The first-order valence-electron chi connectivity index (χ1n) is 10.5. The zero-order valence-corrected chi connectivity index (χ0v) is 18.3. The summed E-state index contributed by atoms with van der Waals surface area (Å²) in [7, 11) is 1.72. The number of fused-ring (bicyclic) bond motifs is 1. The number of aromatic hydroxyl groups is 1. The summed E-state index contributed by atoms with van der Waals surface area (Å²) in [5.74, 6) is -4.13. The van der Waals surface area contributed by atoms with Crippen LogP contribution >= 0.6 is 0 Å². The first-order valence-corrected chi connectivity index (χ1v) is 10.5. The number of carboxylic acid groups (broad SMARTS) is 1. The van der Waals surface area contributed by atoms with E-state index >= 15 is 0 Å². The number of ketones is 1. The molecule has 0 spiro atoms. The smallest absolute Gasteiger partial charge is 0.339 e. The molecule has 1 aliphatic rings. The van der Waals surface area contributed by atoms with Crippen LogP contribution in [0.15, 0.2) is 72.3 Å². The molecule has 1 amide bonds. The van der Waals surface area contributed by atoms with Gasteiger partial charge in [0.2, 0.25) is 0 Å². The van der Waals surface area contributed by atoms with Crippen LogP contribution in [0.4, 0.5) is 5.69 Å². The predicted octanol–water partition coefficient (Wildman–Crippen LogP) is 3.00. The van der Waals surface area contributed by atoms with Gasteiger partial charge < -0.3 is 15.3 Å². The molecular formula is C25H18N4O6. The summed E-state index contributed by atoms with van der Waals surface area (Å²) in [5, 5.41) is 38.6. The monoisotopic (exact) mass is 470 g/mol. The van der Waals surface area contributed by atoms with E-state index in [0.717, 1.165) is 17.0 Å². The highest BCUT2D eigenvalue weighted by Gasteiger charge is 2.47. The van der Waals surface area contributed by atoms with Gasteiger partial charge in [0.25, 0.3) is 11.7 Å². The van der Waals surface area contributed by atoms with Crippen LogP contribution < -0.4 is 4.90 Å². The Bertz CT molecular complexity index is 1560. The van der Waals surface area contributed by atoms with Gasteiger partial charge in [-0.05, 0) is 35.9 Å². The lowest BCUT2D eigenvalue weighted by atomic mass is 9.94. The molecule has 1 atom stereocenters. The Balaban J connectivity index is 1.77. The summed E-state index contributed by atoms with van der Waals surface area (Å²) in [4.78, 5) is 39.2. The third-order valence-corrected chi connectivity index (χ3v) is 5.93. The van der Waals surface area contributed by atoms with Crippen LogP contribution in [0.25, 0.3) is 16.8 Å². The Kier molecular flexibility index (Phi) is 5.05. The summed E-state index contributed by atoms with van der Waals surface area (Å²) in [5.41, 5.74) is 1.50. The van der Waals surface area contributed by atoms with E-state index in [-0.39, 0.29) is 17.0 Å². The summed E-state index contributed by atoms with van der Waals surface area (Å²) in [6, 6.07) is 15.9. The number of rotatable bonds is 4. The molecule has 0 aliphatic carbocycles. The van der Waals surface area contributed by atoms with Crippen molar-refractivity contribution < 1.29 is 29.7 Å². The van der Waals surface area contributed by atoms with Crippen molar-refractivity contribution in [2.75, 3.05) is 4.90 Å². The second-order valence-corrected chi connectivity index (χ2v) is 8.00. The van der Waals surface area contributed by atoms with E-state index in [2.05, 4.69) is 10.3 Å². The van der Waals surface area contributed by atoms with Gasteiger partial charge in [-0.3, -0.25) is 14.5 Å². The van der Waals surface area contributed by atoms with E-state index in [0.29, 0.717) is 22.2 Å². The molecule has 1 fully saturated rings. The number of hydrogen-bond donors (Lipinski definition) is 3. The van der Waals surface area contributed by atoms with Gasteiger partial charge in [-0.2, -0.15) is 0 Å². The minimum absolute atomic E-state index is 0.0682. The molecule has 0 saturated carbocycles. The van der Waals surface area contributed by atoms with Gasteiger partial charge in [-0.15, -0.1) is 5.10 Å². The fourth-order valence-electron chi connectivity index (χ4n) is 4.24. The Morgan fingerprint density at radius 2 is 1.71 bits per heavy atom. The SMILES string of the molecule is Cn1nnc2cc(C3/C(=C(/O)c4ccccc4)C(=O)C(=O)N3c3ccc(O)c(C(=O)O)c3)ccc21. The van der Waals surface area contributed by atoms with Gasteiger partial charge in [0, 0.05) is 18.3 Å². The minimum Gasteiger partial charge on any atom is -0.507 e. The van der Waals surface area contributed by atoms with Gasteiger partial charge in [0.1, 0.15) is 22.6 Å². The second-order valence-electron chi connectivity index (χ2n) is 8.00. The average Bonchev–Trinajstić information content (AvgIpc) is 3.36. The molecule has 2 heterocycles. The summed E-state index contributed by atoms with van der Waals surface area (Å²) >= 11 is 0. The van der Waals surface area contributed by atoms with Crippen LogP contribution in [0.3, 0.4) is 0 Å². The highest BCUT2D eigenvalue weighted by Crippen LogP contribution is 2.43. The van der Waals surface area contributed by atoms with E-state index in [4.69, 9.17) is 0 Å². The maximum Gasteiger partial charge on any atom is 0.339 e. The van der Waals surface area contributed by atoms with Crippen molar-refractivity contribution in [3.05, 3.63) is 89.0 Å². The molecule has 4 aromatic rings. The summed E-state index contributed by atoms with van der Waals surface area (Å²) in [6.07, 6.45) is 0. The highest BCUT2D eigenvalue weighted by molar-refractivity contribution is 6.51. The maximum atomic E-state index is 13.3. The number of aliphatic hydroxyl groups is 1. The Hall–Kier alpha value is -4.99. The molecule has 1 aliphatic heterocycles. The van der Waals surface area contributed by atoms with Crippen molar-refractivity contribution in [2.45, 2.75) is 6.04 Å². The fraction of sp³-hybridized carbons (Fsp3) is 0.0800. The second kappa shape index (κ2) is 8.10. The van der Waals surface area contributed by atoms with Crippen LogP contribution in [0, 0.1) is 0 Å². The number of aryl methyl sites for hydroxylation is 1. The number of benzene rings is 3. The largest absolute Gasteiger partial charge is 0.507 e. The normalized spacial score (nSPS) is 17.3. The van der Waals surface area contributed by atoms with Crippen molar-refractivity contribution in [2.24, 2.45) is 7.05 Å². The quantitative estimate of drug-likeness (QED) is 0.234. The van der Waals surface area contributed by atoms with Crippen molar-refractivity contribution in [1.82, 2.24) is 15.0 Å². The number of carbonyl (C=O) groups excluding carboxylic acids is 2. The first-order chi connectivity index (χ1) is 16.8. The molecule has 35 heavy (non-hydrogen) atoms. The van der Waals surface area contributed by atoms with Crippen LogP contribution in [0.5, 0.6) is 5.75 Å². The standard InChI is InChI=1S/C25H18N4O6/c1-28-18-9-7-14(11-17(18)26-27-28)21-20(22(31)13-5-3-2-4-6-13)23(32)24(33)29(21)15-8-10-19(30)16(12-15)25(34)35/h2-12,21,30-31H,1H3,(H,34,35)/b22-20-. The number of anilines is 1. The van der Waals surface area contributed by atoms with Crippen molar-refractivity contribution in [1.29, 1.82) is 0 Å². The molecule has 174 valence electrons. The molecule has 0 radical (unpaired) electrons. The molecule has 3 N–H and O–H groups in total. The zero-order valence-electron chi connectivity index (χ0n) is 18.3. The molecule has 10 nitrogen and oxygen atoms in total. The van der Waals surface area contributed by atoms with Crippen molar-refractivity contribution in [3.8, 4) is 5.75 Å². The van der Waals surface area contributed by atoms with Crippen molar-refractivity contribution >= 4 is 40.1 Å². The number of aromatic carboxylic acids is 1. The van der Waals surface area contributed by atoms with Crippen LogP contribution in [0.1, 0.15) is 27.5 Å². The van der Waals surface area contributed by atoms with Gasteiger partial charge in [-0.25, -0.2) is 9.48 Å². The molecule has 1 unspecified atom stereocenters. The fourth-order valence-corrected chi connectivity index (χ4v) is 4.24. The van der Waals surface area contributed by atoms with Crippen molar-refractivity contribution in [3.63, 3.8) is 0 Å². The van der Waals surface area contributed by atoms with Crippen LogP contribution in [-0.2, 0) is 16.6 Å². The number of nitrogens with zero attached hydrogens (tertiary/aromatic N) is 4. The van der Waals surface area contributed by atoms with Crippen LogP contribution in [0.2, 0.25) is 0 Å². The third kappa shape index (κ3) is 3.48. The summed E-state index contributed by atoms with van der Waals surface area (Å²) in [6.45, 7) is 0. The van der Waals surface area contributed by atoms with E-state index in [1.165, 1.54) is 6.07 Å². The Morgan fingerprint density at radius 1 is 0.971 bits per heavy atom. The molecule has 10 heteroatoms. The zero-order chi connectivity index (χ0) is 24.9. The molecule has 1 aromatic heterocycles. The number of Topliss-reactive ketones (excluding diaryl/α,β-unsaturated/α-hetero) is 1. The molecule has 5 rings (SSSR count). The van der Waals surface area contributed by atoms with Crippen LogP contribution in [-0.4, -0.2) is 48.0 Å². The average molecular weight is 470 g/mol. The lowest BCUT2D eigenvalue weighted by molar-refractivity contribution is -0.132. The number of carboxylic acids is 1. The number of amides is 1. The Morgan fingerprint density at radius 3 is 2.43 bits per heavy atom. The number of aliphatic hydroxyl groups excluding tert-OH is 1. The highest BCUT2D eigenvalue weighted by atomic mass is 16.4. The van der Waals surface area contributed by atoms with E-state index in [1.54, 1.807) is 60.3 Å². The maximum absolute atomic E-state index is 13.3. The van der Waals surface area contributed by atoms with Gasteiger partial charge in [0.05, 0.1) is 17.1 Å². The number of hydrogen-bond acceptors (Lipinski definition) is 7. The van der Waals surface area contributed by atoms with E-state index < -0.39 is 35.0 Å². The van der Waals surface area contributed by atoms with E-state index in [1.807, 2.05) is 0 Å². The third-order valence-electron chi connectivity index (χ3n) is 5.93. The first kappa shape index (κ1) is 21.8.